The van der Waals surface area contributed by atoms with E-state index in [0.29, 0.717) is 0 Å². The summed E-state index contributed by atoms with van der Waals surface area (Å²) < 4.78 is 13.6. The lowest BCUT2D eigenvalue weighted by atomic mass is 10.2. The van der Waals surface area contributed by atoms with Crippen molar-refractivity contribution in [1.29, 1.82) is 0 Å². The first-order valence-corrected chi connectivity index (χ1v) is 7.00. The first-order chi connectivity index (χ1) is 8.56. The Bertz CT molecular complexity index is 414. The molecule has 1 aromatic heterocycles. The van der Waals surface area contributed by atoms with Crippen molar-refractivity contribution in [3.8, 4) is 0 Å². The molecule has 0 saturated heterocycles. The van der Waals surface area contributed by atoms with Crippen LogP contribution in [-0.2, 0) is 0 Å². The molecule has 4 nitrogen and oxygen atoms in total. The molecule has 0 fully saturated rings. The van der Waals surface area contributed by atoms with Crippen molar-refractivity contribution in [2.45, 2.75) is 26.3 Å². The number of nitrogens with two attached hydrogens (primary N) is 1. The van der Waals surface area contributed by atoms with Crippen LogP contribution in [0.2, 0.25) is 0 Å². The van der Waals surface area contributed by atoms with Crippen LogP contribution < -0.4 is 11.1 Å². The molecule has 1 unspecified atom stereocenters. The van der Waals surface area contributed by atoms with Crippen LogP contribution in [-0.4, -0.2) is 28.4 Å². The van der Waals surface area contributed by atoms with Gasteiger partial charge in [0.15, 0.2) is 11.6 Å². The molecule has 0 aliphatic carbocycles. The second-order valence-corrected chi connectivity index (χ2v) is 5.31. The Morgan fingerprint density at radius 3 is 3.06 bits per heavy atom. The first kappa shape index (κ1) is 14.8. The lowest BCUT2D eigenvalue weighted by Crippen LogP contribution is -2.33. The summed E-state index contributed by atoms with van der Waals surface area (Å²) >= 11 is 1.81. The number of carbonyl (C=O) groups is 1. The molecule has 100 valence electrons. The Hall–Kier alpha value is -1.30. The van der Waals surface area contributed by atoms with E-state index in [4.69, 9.17) is 5.73 Å². The van der Waals surface area contributed by atoms with E-state index >= 15 is 0 Å². The van der Waals surface area contributed by atoms with Gasteiger partial charge in [-0.05, 0) is 30.9 Å². The predicted octanol–water partition coefficient (Wildman–Crippen LogP) is 2.06. The second-order valence-electron chi connectivity index (χ2n) is 3.92. The Labute approximate surface area is 111 Å². The number of thioether (sulfide) groups is 1. The van der Waals surface area contributed by atoms with Gasteiger partial charge in [0.05, 0.1) is 5.56 Å². The molecule has 0 aliphatic rings. The zero-order valence-electron chi connectivity index (χ0n) is 10.6. The lowest BCUT2D eigenvalue weighted by molar-refractivity contribution is 0.0935. The molecule has 0 aliphatic heterocycles. The number of hydrogen-bond donors (Lipinski definition) is 2. The first-order valence-electron chi connectivity index (χ1n) is 5.84. The summed E-state index contributed by atoms with van der Waals surface area (Å²) in [6.07, 6.45) is 2.18. The van der Waals surface area contributed by atoms with Crippen LogP contribution in [0.25, 0.3) is 0 Å². The van der Waals surface area contributed by atoms with Crippen LogP contribution >= 0.6 is 11.8 Å². The van der Waals surface area contributed by atoms with Crippen LogP contribution in [0.15, 0.2) is 12.3 Å². The standard InChI is InChI=1S/C12H18FN3OS/c1-3-18-7-5-8(2)16-12(17)9-4-6-15-11(14)10(9)13/h4,6,8H,3,5,7H2,1-2H3,(H2,14,15)(H,16,17). The number of carbonyl (C=O) groups excluding carboxylic acids is 1. The molecule has 0 spiro atoms. The molecule has 18 heavy (non-hydrogen) atoms. The SMILES string of the molecule is CCSCCC(C)NC(=O)c1ccnc(N)c1F. The average Bonchev–Trinajstić information content (AvgIpc) is 2.32. The third-order valence-electron chi connectivity index (χ3n) is 2.44. The summed E-state index contributed by atoms with van der Waals surface area (Å²) in [7, 11) is 0. The molecule has 1 aromatic rings. The summed E-state index contributed by atoms with van der Waals surface area (Å²) in [5.74, 6) is 0.562. The van der Waals surface area contributed by atoms with E-state index in [2.05, 4.69) is 17.2 Å². The van der Waals surface area contributed by atoms with Crippen molar-refractivity contribution in [3.05, 3.63) is 23.6 Å². The topological polar surface area (TPSA) is 68.0 Å². The van der Waals surface area contributed by atoms with Crippen molar-refractivity contribution in [3.63, 3.8) is 0 Å². The summed E-state index contributed by atoms with van der Waals surface area (Å²) in [4.78, 5) is 15.4. The molecule has 1 amide bonds. The predicted molar refractivity (Wildman–Crippen MR) is 73.2 cm³/mol. The fourth-order valence-electron chi connectivity index (χ4n) is 1.41. The van der Waals surface area contributed by atoms with Gasteiger partial charge in [-0.1, -0.05) is 6.92 Å². The minimum Gasteiger partial charge on any atom is -0.381 e. The maximum Gasteiger partial charge on any atom is 0.254 e. The smallest absolute Gasteiger partial charge is 0.254 e. The third kappa shape index (κ3) is 4.18. The molecular weight excluding hydrogens is 253 g/mol. The van der Waals surface area contributed by atoms with Gasteiger partial charge in [0.1, 0.15) is 0 Å². The maximum absolute atomic E-state index is 13.6. The van der Waals surface area contributed by atoms with Gasteiger partial charge in [0.25, 0.3) is 5.91 Å². The van der Waals surface area contributed by atoms with Crippen molar-refractivity contribution in [2.75, 3.05) is 17.2 Å². The zero-order valence-corrected chi connectivity index (χ0v) is 11.4. The summed E-state index contributed by atoms with van der Waals surface area (Å²) in [6.45, 7) is 3.99. The van der Waals surface area contributed by atoms with Gasteiger partial charge < -0.3 is 11.1 Å². The third-order valence-corrected chi connectivity index (χ3v) is 3.37. The zero-order chi connectivity index (χ0) is 13.5. The second kappa shape index (κ2) is 7.20. The summed E-state index contributed by atoms with van der Waals surface area (Å²) in [5, 5.41) is 2.75. The number of rotatable bonds is 6. The lowest BCUT2D eigenvalue weighted by Gasteiger charge is -2.14. The number of aromatic nitrogens is 1. The molecule has 0 bridgehead atoms. The van der Waals surface area contributed by atoms with Gasteiger partial charge >= 0.3 is 0 Å². The number of nitrogen functional groups attached to an aromatic ring is 1. The molecule has 1 rings (SSSR count). The Morgan fingerprint density at radius 1 is 1.67 bits per heavy atom. The van der Waals surface area contributed by atoms with Gasteiger partial charge in [-0.25, -0.2) is 9.37 Å². The van der Waals surface area contributed by atoms with Crippen LogP contribution in [0.4, 0.5) is 10.2 Å². The Kier molecular flexibility index (Phi) is 5.91. The Balaban J connectivity index is 2.57. The van der Waals surface area contributed by atoms with E-state index in [9.17, 15) is 9.18 Å². The molecule has 1 heterocycles. The monoisotopic (exact) mass is 271 g/mol. The highest BCUT2D eigenvalue weighted by Crippen LogP contribution is 2.12. The summed E-state index contributed by atoms with van der Waals surface area (Å²) in [6, 6.07) is 1.33. The van der Waals surface area contributed by atoms with Gasteiger partial charge in [-0.2, -0.15) is 11.8 Å². The highest BCUT2D eigenvalue weighted by Gasteiger charge is 2.16. The van der Waals surface area contributed by atoms with E-state index in [1.54, 1.807) is 0 Å². The highest BCUT2D eigenvalue weighted by atomic mass is 32.2. The van der Waals surface area contributed by atoms with Crippen molar-refractivity contribution in [1.82, 2.24) is 10.3 Å². The number of nitrogens with one attached hydrogen (secondary N) is 1. The maximum atomic E-state index is 13.6. The van der Waals surface area contributed by atoms with E-state index in [-0.39, 0.29) is 17.4 Å². The quantitative estimate of drug-likeness (QED) is 0.777. The molecule has 6 heteroatoms. The largest absolute Gasteiger partial charge is 0.381 e. The van der Waals surface area contributed by atoms with E-state index < -0.39 is 11.7 Å². The van der Waals surface area contributed by atoms with E-state index in [0.717, 1.165) is 17.9 Å². The van der Waals surface area contributed by atoms with Gasteiger partial charge in [-0.3, -0.25) is 4.79 Å². The number of pyridine rings is 1. The van der Waals surface area contributed by atoms with Gasteiger partial charge in [0, 0.05) is 12.2 Å². The van der Waals surface area contributed by atoms with Crippen molar-refractivity contribution < 1.29 is 9.18 Å². The number of anilines is 1. The normalized spacial score (nSPS) is 12.2. The molecule has 0 aromatic carbocycles. The number of nitrogens with zero attached hydrogens (tertiary/aromatic N) is 1. The van der Waals surface area contributed by atoms with E-state index in [1.807, 2.05) is 18.7 Å². The minimum atomic E-state index is -0.759. The molecule has 3 N–H and O–H groups in total. The fraction of sp³-hybridized carbons (Fsp3) is 0.500. The van der Waals surface area contributed by atoms with Gasteiger partial charge in [-0.15, -0.1) is 0 Å². The number of halogens is 1. The van der Waals surface area contributed by atoms with Crippen LogP contribution in [0.5, 0.6) is 0 Å². The van der Waals surface area contributed by atoms with Crippen LogP contribution in [0.1, 0.15) is 30.6 Å². The van der Waals surface area contributed by atoms with Crippen LogP contribution in [0, 0.1) is 5.82 Å². The highest BCUT2D eigenvalue weighted by molar-refractivity contribution is 7.99. The van der Waals surface area contributed by atoms with Gasteiger partial charge in [0.2, 0.25) is 0 Å². The van der Waals surface area contributed by atoms with Crippen molar-refractivity contribution >= 4 is 23.5 Å². The van der Waals surface area contributed by atoms with Crippen molar-refractivity contribution in [2.24, 2.45) is 0 Å². The minimum absolute atomic E-state index is 0.00494. The fourth-order valence-corrected chi connectivity index (χ4v) is 2.22. The van der Waals surface area contributed by atoms with E-state index in [1.165, 1.54) is 12.3 Å². The summed E-state index contributed by atoms with van der Waals surface area (Å²) in [5.41, 5.74) is 5.26. The average molecular weight is 271 g/mol. The Morgan fingerprint density at radius 2 is 2.39 bits per heavy atom. The number of amides is 1. The molecule has 0 saturated carbocycles. The molecule has 1 atom stereocenters. The molecule has 0 radical (unpaired) electrons. The number of hydrogen-bond acceptors (Lipinski definition) is 4. The van der Waals surface area contributed by atoms with Crippen LogP contribution in [0.3, 0.4) is 0 Å². The molecular formula is C12H18FN3OS.